The van der Waals surface area contributed by atoms with Crippen molar-refractivity contribution < 1.29 is 19.7 Å². The smallest absolute Gasteiger partial charge is 0.162 e. The number of phenolic OH excluding ortho intramolecular Hbond substituents is 2. The maximum absolute atomic E-state index is 10.2. The second kappa shape index (κ2) is 7.83. The van der Waals surface area contributed by atoms with Gasteiger partial charge in [-0.05, 0) is 25.0 Å². The van der Waals surface area contributed by atoms with Crippen LogP contribution >= 0.6 is 11.3 Å². The highest BCUT2D eigenvalue weighted by Crippen LogP contribution is 2.43. The van der Waals surface area contributed by atoms with Crippen LogP contribution < -0.4 is 9.47 Å². The number of fused-ring (bicyclic) bond motifs is 3. The maximum Gasteiger partial charge on any atom is 0.162 e. The Morgan fingerprint density at radius 1 is 0.760 bits per heavy atom. The molecule has 3 rings (SSSR count). The normalized spacial score (nSPS) is 11.3. The fourth-order valence-electron chi connectivity index (χ4n) is 2.69. The number of hydrogen-bond donors (Lipinski definition) is 2. The lowest BCUT2D eigenvalue weighted by Gasteiger charge is -2.08. The van der Waals surface area contributed by atoms with Crippen molar-refractivity contribution in [3.8, 4) is 23.0 Å². The average molecular weight is 360 g/mol. The molecule has 5 heteroatoms. The summed E-state index contributed by atoms with van der Waals surface area (Å²) in [4.78, 5) is 0. The fraction of sp³-hybridized carbons (Fsp3) is 0.400. The Morgan fingerprint density at radius 2 is 1.20 bits per heavy atom. The summed E-state index contributed by atoms with van der Waals surface area (Å²) in [6, 6.07) is 7.18. The highest BCUT2D eigenvalue weighted by Gasteiger charge is 2.14. The Bertz CT molecular complexity index is 799. The maximum atomic E-state index is 10.2. The fourth-order valence-corrected chi connectivity index (χ4v) is 3.82. The van der Waals surface area contributed by atoms with E-state index < -0.39 is 0 Å². The number of ether oxygens (including phenoxy) is 2. The lowest BCUT2D eigenvalue weighted by atomic mass is 10.1. The molecule has 2 aromatic carbocycles. The van der Waals surface area contributed by atoms with Crippen LogP contribution in [-0.4, -0.2) is 23.4 Å². The zero-order chi connectivity index (χ0) is 17.8. The zero-order valence-electron chi connectivity index (χ0n) is 14.7. The Morgan fingerprint density at radius 3 is 1.60 bits per heavy atom. The molecule has 0 saturated carbocycles. The van der Waals surface area contributed by atoms with Gasteiger partial charge in [-0.15, -0.1) is 11.3 Å². The minimum atomic E-state index is 0.131. The van der Waals surface area contributed by atoms with Crippen LogP contribution in [0.5, 0.6) is 23.0 Å². The molecule has 0 aliphatic rings. The Balaban J connectivity index is 1.97. The van der Waals surface area contributed by atoms with E-state index in [-0.39, 0.29) is 11.5 Å². The predicted octanol–water partition coefficient (Wildman–Crippen LogP) is 5.82. The van der Waals surface area contributed by atoms with E-state index in [0.717, 1.165) is 45.9 Å². The number of thiophene rings is 1. The summed E-state index contributed by atoms with van der Waals surface area (Å²) in [7, 11) is 0. The van der Waals surface area contributed by atoms with Gasteiger partial charge in [0.25, 0.3) is 0 Å². The molecule has 3 aromatic rings. The standard InChI is InChI=1S/C20H24O4S/c1-3-5-7-23-17-11-19-13(9-15(17)21)14-10-16(22)18(12-20(14)25-19)24-8-6-4-2/h9-12,21-22H,3-8H2,1-2H3. The number of benzene rings is 2. The lowest BCUT2D eigenvalue weighted by Crippen LogP contribution is -1.96. The number of phenols is 2. The van der Waals surface area contributed by atoms with E-state index >= 15 is 0 Å². The first kappa shape index (κ1) is 17.7. The van der Waals surface area contributed by atoms with Gasteiger partial charge in [-0.1, -0.05) is 26.7 Å². The minimum absolute atomic E-state index is 0.131. The van der Waals surface area contributed by atoms with Crippen molar-refractivity contribution in [2.45, 2.75) is 39.5 Å². The first-order valence-corrected chi connectivity index (χ1v) is 9.63. The topological polar surface area (TPSA) is 58.9 Å². The van der Waals surface area contributed by atoms with Crippen LogP contribution in [0.1, 0.15) is 39.5 Å². The molecule has 0 aliphatic heterocycles. The van der Waals surface area contributed by atoms with Crippen LogP contribution in [0.3, 0.4) is 0 Å². The van der Waals surface area contributed by atoms with Crippen LogP contribution in [-0.2, 0) is 0 Å². The Labute approximate surface area is 151 Å². The van der Waals surface area contributed by atoms with Crippen LogP contribution in [0.15, 0.2) is 24.3 Å². The molecule has 0 fully saturated rings. The highest BCUT2D eigenvalue weighted by atomic mass is 32.1. The van der Waals surface area contributed by atoms with Gasteiger partial charge in [-0.3, -0.25) is 0 Å². The Kier molecular flexibility index (Phi) is 5.53. The summed E-state index contributed by atoms with van der Waals surface area (Å²) >= 11 is 1.60. The summed E-state index contributed by atoms with van der Waals surface area (Å²) in [5.74, 6) is 1.28. The molecule has 0 amide bonds. The number of hydrogen-bond acceptors (Lipinski definition) is 5. The molecule has 0 radical (unpaired) electrons. The third-order valence-electron chi connectivity index (χ3n) is 4.14. The van der Waals surface area contributed by atoms with E-state index in [1.807, 2.05) is 12.1 Å². The molecule has 0 atom stereocenters. The molecule has 0 spiro atoms. The molecule has 25 heavy (non-hydrogen) atoms. The van der Waals surface area contributed by atoms with E-state index in [9.17, 15) is 10.2 Å². The van der Waals surface area contributed by atoms with E-state index in [2.05, 4.69) is 13.8 Å². The second-order valence-electron chi connectivity index (χ2n) is 6.14. The molecule has 134 valence electrons. The second-order valence-corrected chi connectivity index (χ2v) is 7.22. The van der Waals surface area contributed by atoms with Gasteiger partial charge in [0.2, 0.25) is 0 Å². The van der Waals surface area contributed by atoms with Crippen LogP contribution in [0.2, 0.25) is 0 Å². The minimum Gasteiger partial charge on any atom is -0.504 e. The van der Waals surface area contributed by atoms with Gasteiger partial charge < -0.3 is 19.7 Å². The third kappa shape index (κ3) is 3.76. The van der Waals surface area contributed by atoms with Gasteiger partial charge in [0, 0.05) is 32.3 Å². The molecule has 1 aromatic heterocycles. The van der Waals surface area contributed by atoms with Crippen molar-refractivity contribution in [2.75, 3.05) is 13.2 Å². The van der Waals surface area contributed by atoms with Gasteiger partial charge in [0.1, 0.15) is 0 Å². The van der Waals surface area contributed by atoms with Crippen LogP contribution in [0, 0.1) is 0 Å². The number of rotatable bonds is 8. The molecule has 0 aliphatic carbocycles. The van der Waals surface area contributed by atoms with Gasteiger partial charge in [0.15, 0.2) is 23.0 Å². The monoisotopic (exact) mass is 360 g/mol. The van der Waals surface area contributed by atoms with Gasteiger partial charge >= 0.3 is 0 Å². The van der Waals surface area contributed by atoms with Gasteiger partial charge in [0.05, 0.1) is 13.2 Å². The highest BCUT2D eigenvalue weighted by molar-refractivity contribution is 7.25. The van der Waals surface area contributed by atoms with Gasteiger partial charge in [-0.25, -0.2) is 0 Å². The lowest BCUT2D eigenvalue weighted by molar-refractivity contribution is 0.293. The molecule has 0 bridgehead atoms. The van der Waals surface area contributed by atoms with E-state index in [1.165, 1.54) is 0 Å². The summed E-state index contributed by atoms with van der Waals surface area (Å²) in [6.45, 7) is 5.39. The number of unbranched alkanes of at least 4 members (excludes halogenated alkanes) is 2. The van der Waals surface area contributed by atoms with Crippen molar-refractivity contribution >= 4 is 31.5 Å². The van der Waals surface area contributed by atoms with Crippen LogP contribution in [0.25, 0.3) is 20.2 Å². The number of aromatic hydroxyl groups is 2. The SMILES string of the molecule is CCCCOc1cc2sc3cc(OCCCC)c(O)cc3c2cc1O. The predicted molar refractivity (Wildman–Crippen MR) is 103 cm³/mol. The summed E-state index contributed by atoms with van der Waals surface area (Å²) in [5, 5.41) is 22.3. The van der Waals surface area contributed by atoms with E-state index in [4.69, 9.17) is 9.47 Å². The van der Waals surface area contributed by atoms with Crippen molar-refractivity contribution in [1.29, 1.82) is 0 Å². The molecule has 4 nitrogen and oxygen atoms in total. The van der Waals surface area contributed by atoms with Crippen molar-refractivity contribution in [3.63, 3.8) is 0 Å². The third-order valence-corrected chi connectivity index (χ3v) is 5.26. The van der Waals surface area contributed by atoms with E-state index in [0.29, 0.717) is 24.7 Å². The quantitative estimate of drug-likeness (QED) is 0.497. The molecule has 2 N–H and O–H groups in total. The average Bonchev–Trinajstić information content (AvgIpc) is 2.92. The molecular weight excluding hydrogens is 336 g/mol. The van der Waals surface area contributed by atoms with E-state index in [1.54, 1.807) is 23.5 Å². The molecule has 0 saturated heterocycles. The van der Waals surface area contributed by atoms with Crippen LogP contribution in [0.4, 0.5) is 0 Å². The van der Waals surface area contributed by atoms with Crippen molar-refractivity contribution in [3.05, 3.63) is 24.3 Å². The molecule has 0 unspecified atom stereocenters. The van der Waals surface area contributed by atoms with Crippen molar-refractivity contribution in [2.24, 2.45) is 0 Å². The Hall–Kier alpha value is -2.14. The molecular formula is C20H24O4S. The summed E-state index contributed by atoms with van der Waals surface area (Å²) < 4.78 is 13.4. The summed E-state index contributed by atoms with van der Waals surface area (Å²) in [5.41, 5.74) is 0. The first-order valence-electron chi connectivity index (χ1n) is 8.81. The first-order chi connectivity index (χ1) is 12.1. The largest absolute Gasteiger partial charge is 0.504 e. The summed E-state index contributed by atoms with van der Waals surface area (Å²) in [6.07, 6.45) is 4.00. The zero-order valence-corrected chi connectivity index (χ0v) is 15.5. The van der Waals surface area contributed by atoms with Crippen molar-refractivity contribution in [1.82, 2.24) is 0 Å². The van der Waals surface area contributed by atoms with Gasteiger partial charge in [-0.2, -0.15) is 0 Å². The molecule has 1 heterocycles.